The van der Waals surface area contributed by atoms with Gasteiger partial charge < -0.3 is 10.8 Å². The molecule has 1 saturated carbocycles. The maximum Gasteiger partial charge on any atom is 0.104 e. The van der Waals surface area contributed by atoms with E-state index in [-0.39, 0.29) is 5.41 Å². The van der Waals surface area contributed by atoms with Gasteiger partial charge in [-0.3, -0.25) is 0 Å². The molecule has 0 spiro atoms. The maximum absolute atomic E-state index is 10.5. The molecular formula is C18H21NO. The Balaban J connectivity index is 1.90. The molecule has 0 bridgehead atoms. The van der Waals surface area contributed by atoms with Crippen LogP contribution in [0.1, 0.15) is 41.2 Å². The molecule has 2 aromatic rings. The summed E-state index contributed by atoms with van der Waals surface area (Å²) in [6.45, 7) is 2.74. The Kier molecular flexibility index (Phi) is 3.36. The second-order valence-electron chi connectivity index (χ2n) is 5.92. The van der Waals surface area contributed by atoms with Crippen LogP contribution in [-0.2, 0) is 5.41 Å². The molecule has 0 aliphatic heterocycles. The van der Waals surface area contributed by atoms with Gasteiger partial charge in [-0.05, 0) is 36.5 Å². The van der Waals surface area contributed by atoms with Crippen LogP contribution in [0, 0.1) is 6.92 Å². The van der Waals surface area contributed by atoms with Crippen molar-refractivity contribution in [2.45, 2.75) is 31.3 Å². The van der Waals surface area contributed by atoms with Gasteiger partial charge in [0, 0.05) is 12.0 Å². The van der Waals surface area contributed by atoms with Crippen LogP contribution >= 0.6 is 0 Å². The predicted molar refractivity (Wildman–Crippen MR) is 81.6 cm³/mol. The first kappa shape index (κ1) is 13.3. The third-order valence-electron chi connectivity index (χ3n) is 4.45. The highest BCUT2D eigenvalue weighted by Crippen LogP contribution is 2.47. The summed E-state index contributed by atoms with van der Waals surface area (Å²) in [7, 11) is 0. The minimum absolute atomic E-state index is 0.170. The van der Waals surface area contributed by atoms with E-state index in [4.69, 9.17) is 5.73 Å². The van der Waals surface area contributed by atoms with E-state index in [1.165, 1.54) is 11.1 Å². The SMILES string of the molecule is Cc1ccc(C(O)c2cccc(C3(CN)CC3)c2)cc1. The average Bonchev–Trinajstić information content (AvgIpc) is 3.29. The molecule has 2 heteroatoms. The van der Waals surface area contributed by atoms with E-state index in [9.17, 15) is 5.11 Å². The Labute approximate surface area is 120 Å². The zero-order valence-corrected chi connectivity index (χ0v) is 11.8. The van der Waals surface area contributed by atoms with E-state index in [0.717, 1.165) is 24.0 Å². The van der Waals surface area contributed by atoms with Crippen molar-refractivity contribution in [3.63, 3.8) is 0 Å². The quantitative estimate of drug-likeness (QED) is 0.894. The van der Waals surface area contributed by atoms with Crippen molar-refractivity contribution in [1.82, 2.24) is 0 Å². The van der Waals surface area contributed by atoms with Crippen molar-refractivity contribution in [3.8, 4) is 0 Å². The number of aliphatic hydroxyl groups excluding tert-OH is 1. The van der Waals surface area contributed by atoms with Crippen LogP contribution in [0.5, 0.6) is 0 Å². The third-order valence-corrected chi connectivity index (χ3v) is 4.45. The smallest absolute Gasteiger partial charge is 0.104 e. The second-order valence-corrected chi connectivity index (χ2v) is 5.92. The van der Waals surface area contributed by atoms with Crippen molar-refractivity contribution < 1.29 is 5.11 Å². The van der Waals surface area contributed by atoms with Crippen molar-refractivity contribution in [2.75, 3.05) is 6.54 Å². The molecule has 2 aromatic carbocycles. The molecule has 0 radical (unpaired) electrons. The van der Waals surface area contributed by atoms with Gasteiger partial charge in [-0.15, -0.1) is 0 Å². The van der Waals surface area contributed by atoms with Gasteiger partial charge in [-0.1, -0.05) is 54.1 Å². The molecule has 1 aliphatic rings. The summed E-state index contributed by atoms with van der Waals surface area (Å²) < 4.78 is 0. The van der Waals surface area contributed by atoms with Crippen LogP contribution in [0.4, 0.5) is 0 Å². The fourth-order valence-corrected chi connectivity index (χ4v) is 2.74. The Morgan fingerprint density at radius 3 is 2.40 bits per heavy atom. The highest BCUT2D eigenvalue weighted by molar-refractivity contribution is 5.39. The number of nitrogens with two attached hydrogens (primary N) is 1. The van der Waals surface area contributed by atoms with Gasteiger partial charge in [0.2, 0.25) is 0 Å². The molecule has 0 aromatic heterocycles. The zero-order chi connectivity index (χ0) is 14.2. The van der Waals surface area contributed by atoms with Gasteiger partial charge in [-0.2, -0.15) is 0 Å². The Hall–Kier alpha value is -1.64. The molecule has 1 aliphatic carbocycles. The first-order valence-corrected chi connectivity index (χ1v) is 7.20. The van der Waals surface area contributed by atoms with Crippen LogP contribution < -0.4 is 5.73 Å². The molecule has 2 nitrogen and oxygen atoms in total. The summed E-state index contributed by atoms with van der Waals surface area (Å²) in [5.41, 5.74) is 10.4. The highest BCUT2D eigenvalue weighted by Gasteiger charge is 2.42. The number of aryl methyl sites for hydroxylation is 1. The van der Waals surface area contributed by atoms with E-state index in [0.29, 0.717) is 6.54 Å². The molecule has 20 heavy (non-hydrogen) atoms. The number of aliphatic hydroxyl groups is 1. The maximum atomic E-state index is 10.5. The Morgan fingerprint density at radius 1 is 1.10 bits per heavy atom. The number of rotatable bonds is 4. The molecule has 1 fully saturated rings. The predicted octanol–water partition coefficient (Wildman–Crippen LogP) is 3.07. The van der Waals surface area contributed by atoms with Crippen LogP contribution in [-0.4, -0.2) is 11.7 Å². The van der Waals surface area contributed by atoms with E-state index in [2.05, 4.69) is 19.1 Å². The fraction of sp³-hybridized carbons (Fsp3) is 0.333. The number of benzene rings is 2. The van der Waals surface area contributed by atoms with Crippen molar-refractivity contribution >= 4 is 0 Å². The fourth-order valence-electron chi connectivity index (χ4n) is 2.74. The molecule has 1 atom stereocenters. The van der Waals surface area contributed by atoms with Gasteiger partial charge >= 0.3 is 0 Å². The van der Waals surface area contributed by atoms with E-state index in [1.807, 2.05) is 36.4 Å². The van der Waals surface area contributed by atoms with Crippen molar-refractivity contribution in [3.05, 3.63) is 70.8 Å². The lowest BCUT2D eigenvalue weighted by Crippen LogP contribution is -2.20. The molecule has 1 unspecified atom stereocenters. The van der Waals surface area contributed by atoms with E-state index < -0.39 is 6.10 Å². The summed E-state index contributed by atoms with van der Waals surface area (Å²) in [5, 5.41) is 10.5. The molecule has 0 saturated heterocycles. The lowest BCUT2D eigenvalue weighted by molar-refractivity contribution is 0.220. The molecule has 0 heterocycles. The highest BCUT2D eigenvalue weighted by atomic mass is 16.3. The number of hydrogen-bond acceptors (Lipinski definition) is 2. The van der Waals surface area contributed by atoms with Crippen molar-refractivity contribution in [2.24, 2.45) is 5.73 Å². The van der Waals surface area contributed by atoms with Gasteiger partial charge in [0.1, 0.15) is 6.10 Å². The molecule has 0 amide bonds. The zero-order valence-electron chi connectivity index (χ0n) is 11.8. The monoisotopic (exact) mass is 267 g/mol. The average molecular weight is 267 g/mol. The summed E-state index contributed by atoms with van der Waals surface area (Å²) in [6, 6.07) is 16.3. The number of hydrogen-bond donors (Lipinski definition) is 2. The molecule has 3 N–H and O–H groups in total. The third kappa shape index (κ3) is 2.37. The summed E-state index contributed by atoms with van der Waals surface area (Å²) in [5.74, 6) is 0. The minimum Gasteiger partial charge on any atom is -0.384 e. The van der Waals surface area contributed by atoms with Crippen LogP contribution in [0.25, 0.3) is 0 Å². The van der Waals surface area contributed by atoms with E-state index in [1.54, 1.807) is 0 Å². The van der Waals surface area contributed by atoms with Gasteiger partial charge in [0.05, 0.1) is 0 Å². The first-order chi connectivity index (χ1) is 9.64. The topological polar surface area (TPSA) is 46.2 Å². The molecule has 104 valence electrons. The van der Waals surface area contributed by atoms with Gasteiger partial charge in [0.15, 0.2) is 0 Å². The van der Waals surface area contributed by atoms with Crippen LogP contribution in [0.2, 0.25) is 0 Å². The molecular weight excluding hydrogens is 246 g/mol. The second kappa shape index (κ2) is 5.04. The summed E-state index contributed by atoms with van der Waals surface area (Å²) in [6.07, 6.45) is 1.75. The summed E-state index contributed by atoms with van der Waals surface area (Å²) in [4.78, 5) is 0. The van der Waals surface area contributed by atoms with Gasteiger partial charge in [0.25, 0.3) is 0 Å². The standard InChI is InChI=1S/C18H21NO/c1-13-5-7-14(8-6-13)17(20)15-3-2-4-16(11-15)18(12-19)9-10-18/h2-8,11,17,20H,9-10,12,19H2,1H3. The first-order valence-electron chi connectivity index (χ1n) is 7.20. The lowest BCUT2D eigenvalue weighted by atomic mass is 9.92. The summed E-state index contributed by atoms with van der Waals surface area (Å²) >= 11 is 0. The largest absolute Gasteiger partial charge is 0.384 e. The van der Waals surface area contributed by atoms with Crippen LogP contribution in [0.15, 0.2) is 48.5 Å². The van der Waals surface area contributed by atoms with E-state index >= 15 is 0 Å². The van der Waals surface area contributed by atoms with Crippen molar-refractivity contribution in [1.29, 1.82) is 0 Å². The Bertz CT molecular complexity index is 599. The Morgan fingerprint density at radius 2 is 1.80 bits per heavy atom. The van der Waals surface area contributed by atoms with Gasteiger partial charge in [-0.25, -0.2) is 0 Å². The lowest BCUT2D eigenvalue weighted by Gasteiger charge is -2.17. The minimum atomic E-state index is -0.566. The molecule has 3 rings (SSSR count). The normalized spacial score (nSPS) is 17.8. The van der Waals surface area contributed by atoms with Crippen LogP contribution in [0.3, 0.4) is 0 Å².